The zero-order chi connectivity index (χ0) is 26.9. The molecule has 4 nitrogen and oxygen atoms in total. The number of rotatable bonds is 3. The molecular weight excluding hydrogens is 489 g/mol. The largest absolute Gasteiger partial charge is 0.352 e. The van der Waals surface area contributed by atoms with E-state index in [0.717, 1.165) is 16.8 Å². The zero-order valence-electron chi connectivity index (χ0n) is 21.2. The van der Waals surface area contributed by atoms with Crippen molar-refractivity contribution in [2.45, 2.75) is 24.9 Å². The minimum Gasteiger partial charge on any atom is -0.352 e. The average molecular weight is 514 g/mol. The van der Waals surface area contributed by atoms with Crippen molar-refractivity contribution in [1.82, 2.24) is 0 Å². The summed E-state index contributed by atoms with van der Waals surface area (Å²) in [6.45, 7) is 1.99. The number of carbonyl (C=O) groups is 3. The maximum absolute atomic E-state index is 15.8. The second-order valence-electron chi connectivity index (χ2n) is 10.5. The van der Waals surface area contributed by atoms with Gasteiger partial charge in [0.05, 0.1) is 6.04 Å². The summed E-state index contributed by atoms with van der Waals surface area (Å²) in [5.41, 5.74) is 2.24. The van der Waals surface area contributed by atoms with Gasteiger partial charge in [0.25, 0.3) is 0 Å². The summed E-state index contributed by atoms with van der Waals surface area (Å²) in [5.74, 6) is -2.59. The van der Waals surface area contributed by atoms with Crippen LogP contribution in [0.3, 0.4) is 0 Å². The van der Waals surface area contributed by atoms with E-state index in [1.165, 1.54) is 6.07 Å². The molecule has 0 bridgehead atoms. The van der Waals surface area contributed by atoms with E-state index in [1.54, 1.807) is 66.7 Å². The van der Waals surface area contributed by atoms with Gasteiger partial charge in [0.1, 0.15) is 17.3 Å². The Morgan fingerprint density at radius 1 is 0.821 bits per heavy atom. The summed E-state index contributed by atoms with van der Waals surface area (Å²) in [6, 6.07) is 25.9. The number of carbonyl (C=O) groups excluding carboxylic acids is 3. The predicted octanol–water partition coefficient (Wildman–Crippen LogP) is 6.45. The Hall–Kier alpha value is -4.64. The molecule has 5 heteroatoms. The number of hydrogen-bond acceptors (Lipinski definition) is 4. The first-order chi connectivity index (χ1) is 18.9. The molecule has 2 heterocycles. The maximum atomic E-state index is 15.8. The SMILES string of the molecule is Cc1ccc2c(c1)C=CC1N2[C@H](C(=O)c2ccccc2)[C@@H](c2ccccc2F)C12C(=O)c1ccccc1C2=O. The van der Waals surface area contributed by atoms with Crippen molar-refractivity contribution in [2.75, 3.05) is 4.90 Å². The minimum atomic E-state index is -1.71. The molecule has 4 aromatic carbocycles. The Morgan fingerprint density at radius 3 is 2.15 bits per heavy atom. The molecule has 7 rings (SSSR count). The lowest BCUT2D eigenvalue weighted by molar-refractivity contribution is 0.0664. The van der Waals surface area contributed by atoms with Gasteiger partial charge in [-0.1, -0.05) is 96.6 Å². The number of fused-ring (bicyclic) bond motifs is 5. The van der Waals surface area contributed by atoms with Crippen LogP contribution in [0, 0.1) is 18.2 Å². The van der Waals surface area contributed by atoms with Crippen LogP contribution in [0.1, 0.15) is 53.7 Å². The fraction of sp³-hybridized carbons (Fsp3) is 0.147. The van der Waals surface area contributed by atoms with Crippen LogP contribution in [0.25, 0.3) is 6.08 Å². The number of ketones is 3. The van der Waals surface area contributed by atoms with E-state index in [2.05, 4.69) is 0 Å². The second-order valence-corrected chi connectivity index (χ2v) is 10.5. The highest BCUT2D eigenvalue weighted by Crippen LogP contribution is 2.61. The lowest BCUT2D eigenvalue weighted by atomic mass is 9.64. The van der Waals surface area contributed by atoms with Crippen LogP contribution in [-0.2, 0) is 0 Å². The molecule has 1 fully saturated rings. The van der Waals surface area contributed by atoms with E-state index in [1.807, 2.05) is 48.2 Å². The number of halogens is 1. The van der Waals surface area contributed by atoms with Gasteiger partial charge in [0, 0.05) is 28.3 Å². The Kier molecular flexibility index (Phi) is 5.08. The van der Waals surface area contributed by atoms with Gasteiger partial charge in [-0.25, -0.2) is 4.39 Å². The highest BCUT2D eigenvalue weighted by atomic mass is 19.1. The van der Waals surface area contributed by atoms with Crippen LogP contribution in [0.5, 0.6) is 0 Å². The van der Waals surface area contributed by atoms with Gasteiger partial charge in [-0.2, -0.15) is 0 Å². The van der Waals surface area contributed by atoms with Crippen molar-refractivity contribution in [2.24, 2.45) is 5.41 Å². The monoisotopic (exact) mass is 513 g/mol. The summed E-state index contributed by atoms with van der Waals surface area (Å²) < 4.78 is 15.8. The van der Waals surface area contributed by atoms with Crippen LogP contribution >= 0.6 is 0 Å². The molecule has 39 heavy (non-hydrogen) atoms. The Labute approximate surface area is 225 Å². The molecule has 1 spiro atoms. The molecule has 0 radical (unpaired) electrons. The number of benzene rings is 4. The Balaban J connectivity index is 1.57. The van der Waals surface area contributed by atoms with Gasteiger partial charge in [0.2, 0.25) is 0 Å². The third-order valence-electron chi connectivity index (χ3n) is 8.53. The van der Waals surface area contributed by atoms with Gasteiger partial charge in [-0.15, -0.1) is 0 Å². The second kappa shape index (κ2) is 8.43. The summed E-state index contributed by atoms with van der Waals surface area (Å²) in [4.78, 5) is 45.5. The molecule has 1 saturated heterocycles. The number of anilines is 1. The zero-order valence-corrected chi connectivity index (χ0v) is 21.2. The molecule has 190 valence electrons. The topological polar surface area (TPSA) is 54.5 Å². The molecule has 1 aliphatic carbocycles. The third-order valence-corrected chi connectivity index (χ3v) is 8.53. The van der Waals surface area contributed by atoms with Gasteiger partial charge in [0.15, 0.2) is 17.3 Å². The van der Waals surface area contributed by atoms with Crippen LogP contribution in [0.15, 0.2) is 103 Å². The molecule has 3 atom stereocenters. The van der Waals surface area contributed by atoms with Crippen molar-refractivity contribution in [3.63, 3.8) is 0 Å². The highest BCUT2D eigenvalue weighted by Gasteiger charge is 2.71. The maximum Gasteiger partial charge on any atom is 0.185 e. The van der Waals surface area contributed by atoms with Crippen LogP contribution < -0.4 is 4.90 Å². The van der Waals surface area contributed by atoms with E-state index >= 15 is 4.39 Å². The highest BCUT2D eigenvalue weighted by molar-refractivity contribution is 6.32. The standard InChI is InChI=1S/C34H24FNO3/c1-20-15-17-27-22(19-20)16-18-28-34(32(38)23-11-5-6-12-24(23)33(34)39)29(25-13-7-8-14-26(25)35)30(36(27)28)31(37)21-9-3-2-4-10-21/h2-19,28-30H,1H3/t28?,29-,30+/m1/s1. The van der Waals surface area contributed by atoms with E-state index < -0.39 is 29.2 Å². The fourth-order valence-electron chi connectivity index (χ4n) is 6.94. The third kappa shape index (κ3) is 3.07. The summed E-state index contributed by atoms with van der Waals surface area (Å²) in [6.07, 6.45) is 3.78. The molecule has 2 aliphatic heterocycles. The molecule has 0 N–H and O–H groups in total. The van der Waals surface area contributed by atoms with Crippen LogP contribution in [0.2, 0.25) is 0 Å². The first-order valence-corrected chi connectivity index (χ1v) is 13.0. The lowest BCUT2D eigenvalue weighted by Crippen LogP contribution is -2.48. The molecule has 4 aromatic rings. The normalized spacial score (nSPS) is 22.1. The first-order valence-electron chi connectivity index (χ1n) is 13.0. The Morgan fingerprint density at radius 2 is 1.46 bits per heavy atom. The van der Waals surface area contributed by atoms with E-state index in [9.17, 15) is 14.4 Å². The molecule has 3 aliphatic rings. The fourth-order valence-corrected chi connectivity index (χ4v) is 6.94. The number of hydrogen-bond donors (Lipinski definition) is 0. The average Bonchev–Trinajstić information content (AvgIpc) is 3.39. The van der Waals surface area contributed by atoms with Crippen LogP contribution in [-0.4, -0.2) is 29.4 Å². The van der Waals surface area contributed by atoms with E-state index in [4.69, 9.17) is 0 Å². The summed E-state index contributed by atoms with van der Waals surface area (Å²) >= 11 is 0. The van der Waals surface area contributed by atoms with Gasteiger partial charge >= 0.3 is 0 Å². The van der Waals surface area contributed by atoms with Crippen molar-refractivity contribution < 1.29 is 18.8 Å². The predicted molar refractivity (Wildman–Crippen MR) is 148 cm³/mol. The Bertz CT molecular complexity index is 1690. The quantitative estimate of drug-likeness (QED) is 0.233. The van der Waals surface area contributed by atoms with Crippen molar-refractivity contribution in [1.29, 1.82) is 0 Å². The van der Waals surface area contributed by atoms with Gasteiger partial charge in [-0.05, 0) is 36.2 Å². The van der Waals surface area contributed by atoms with Gasteiger partial charge in [-0.3, -0.25) is 14.4 Å². The summed E-state index contributed by atoms with van der Waals surface area (Å²) in [7, 11) is 0. The molecular formula is C34H24FNO3. The minimum absolute atomic E-state index is 0.192. The molecule has 0 saturated carbocycles. The van der Waals surface area contributed by atoms with Crippen molar-refractivity contribution in [3.8, 4) is 0 Å². The smallest absolute Gasteiger partial charge is 0.185 e. The van der Waals surface area contributed by atoms with E-state index in [-0.39, 0.29) is 22.9 Å². The lowest BCUT2D eigenvalue weighted by Gasteiger charge is -2.37. The number of nitrogens with zero attached hydrogens (tertiary/aromatic N) is 1. The van der Waals surface area contributed by atoms with E-state index in [0.29, 0.717) is 16.7 Å². The number of Topliss-reactive ketones (excluding diaryl/α,β-unsaturated/α-hetero) is 3. The molecule has 0 aromatic heterocycles. The van der Waals surface area contributed by atoms with Crippen molar-refractivity contribution in [3.05, 3.63) is 142 Å². The first kappa shape index (κ1) is 23.5. The number of aryl methyl sites for hydroxylation is 1. The van der Waals surface area contributed by atoms with Crippen LogP contribution in [0.4, 0.5) is 10.1 Å². The van der Waals surface area contributed by atoms with Gasteiger partial charge < -0.3 is 4.90 Å². The molecule has 1 unspecified atom stereocenters. The van der Waals surface area contributed by atoms with Crippen molar-refractivity contribution >= 4 is 29.1 Å². The molecule has 0 amide bonds. The summed E-state index contributed by atoms with van der Waals surface area (Å²) in [5, 5.41) is 0.